The molecule has 4 aromatic rings. The third-order valence-corrected chi connectivity index (χ3v) is 7.05. The van der Waals surface area contributed by atoms with Crippen LogP contribution in [0.25, 0.3) is 10.9 Å². The molecule has 0 saturated carbocycles. The van der Waals surface area contributed by atoms with Crippen molar-refractivity contribution in [3.63, 3.8) is 0 Å². The van der Waals surface area contributed by atoms with Crippen LogP contribution in [-0.4, -0.2) is 41.3 Å². The molecule has 0 radical (unpaired) electrons. The molecule has 0 spiro atoms. The SMILES string of the molecule is CN(Cc1ccc(Cl)cc1)C(=O)c1n[nH]c2c(C#Cc3ccccc3)cc(CC3CCOCC3)cc2c1=O. The van der Waals surface area contributed by atoms with Crippen LogP contribution in [0.1, 0.15) is 45.6 Å². The molecule has 38 heavy (non-hydrogen) atoms. The Hall–Kier alpha value is -3.92. The topological polar surface area (TPSA) is 75.3 Å². The van der Waals surface area contributed by atoms with Gasteiger partial charge in [-0.25, -0.2) is 0 Å². The fourth-order valence-electron chi connectivity index (χ4n) is 4.71. The molecule has 1 fully saturated rings. The van der Waals surface area contributed by atoms with Crippen LogP contribution in [0.3, 0.4) is 0 Å². The average Bonchev–Trinajstić information content (AvgIpc) is 2.94. The third-order valence-electron chi connectivity index (χ3n) is 6.80. The van der Waals surface area contributed by atoms with Crippen LogP contribution in [0.2, 0.25) is 5.02 Å². The minimum absolute atomic E-state index is 0.140. The predicted molar refractivity (Wildman–Crippen MR) is 149 cm³/mol. The molecule has 0 unspecified atom stereocenters. The Kier molecular flexibility index (Phi) is 7.88. The molecular formula is C31H28ClN3O3. The second-order valence-corrected chi connectivity index (χ2v) is 10.1. The zero-order valence-corrected chi connectivity index (χ0v) is 21.9. The molecule has 2 heterocycles. The number of nitrogens with zero attached hydrogens (tertiary/aromatic N) is 2. The number of benzene rings is 3. The second kappa shape index (κ2) is 11.6. The molecular weight excluding hydrogens is 498 g/mol. The van der Waals surface area contributed by atoms with Gasteiger partial charge in [0.1, 0.15) is 0 Å². The minimum atomic E-state index is -0.449. The van der Waals surface area contributed by atoms with Crippen LogP contribution in [0.4, 0.5) is 0 Å². The van der Waals surface area contributed by atoms with E-state index in [2.05, 4.69) is 22.0 Å². The van der Waals surface area contributed by atoms with Gasteiger partial charge in [0.15, 0.2) is 5.69 Å². The van der Waals surface area contributed by atoms with Gasteiger partial charge >= 0.3 is 0 Å². The standard InChI is InChI=1S/C31H28ClN3O3/c1-35(20-23-8-11-26(32)12-9-23)31(37)29-30(36)27-19-24(17-22-13-15-38-16-14-22)18-25(28(27)33-34-29)10-7-21-5-3-2-4-6-21/h2-6,8-9,11-12,18-19,22H,13-17,20H2,1H3,(H,33,36). The van der Waals surface area contributed by atoms with Crippen molar-refractivity contribution in [2.75, 3.05) is 20.3 Å². The van der Waals surface area contributed by atoms with E-state index in [4.69, 9.17) is 16.3 Å². The number of carbonyl (C=O) groups is 1. The van der Waals surface area contributed by atoms with Crippen LogP contribution < -0.4 is 5.43 Å². The first-order valence-corrected chi connectivity index (χ1v) is 13.1. The summed E-state index contributed by atoms with van der Waals surface area (Å²) in [6.45, 7) is 1.83. The van der Waals surface area contributed by atoms with Crippen LogP contribution in [-0.2, 0) is 17.7 Å². The minimum Gasteiger partial charge on any atom is -0.381 e. The number of aromatic amines is 1. The van der Waals surface area contributed by atoms with E-state index >= 15 is 0 Å². The summed E-state index contributed by atoms with van der Waals surface area (Å²) >= 11 is 5.98. The zero-order chi connectivity index (χ0) is 26.5. The quantitative estimate of drug-likeness (QED) is 0.363. The van der Waals surface area contributed by atoms with Gasteiger partial charge in [0.05, 0.1) is 16.5 Å². The lowest BCUT2D eigenvalue weighted by Gasteiger charge is -2.22. The number of rotatable bonds is 5. The molecule has 1 amide bonds. The summed E-state index contributed by atoms with van der Waals surface area (Å²) in [7, 11) is 1.65. The molecule has 1 N–H and O–H groups in total. The van der Waals surface area contributed by atoms with E-state index in [1.165, 1.54) is 4.90 Å². The number of amides is 1. The van der Waals surface area contributed by atoms with Crippen molar-refractivity contribution in [2.45, 2.75) is 25.8 Å². The number of hydrogen-bond donors (Lipinski definition) is 1. The van der Waals surface area contributed by atoms with Gasteiger partial charge in [0, 0.05) is 37.4 Å². The fourth-order valence-corrected chi connectivity index (χ4v) is 4.84. The Morgan fingerprint density at radius 1 is 1.05 bits per heavy atom. The molecule has 192 valence electrons. The molecule has 1 aliphatic rings. The maximum atomic E-state index is 13.6. The Morgan fingerprint density at radius 3 is 2.53 bits per heavy atom. The Labute approximate surface area is 226 Å². The first-order chi connectivity index (χ1) is 18.5. The van der Waals surface area contributed by atoms with E-state index in [1.807, 2.05) is 54.6 Å². The maximum absolute atomic E-state index is 13.6. The molecule has 1 aliphatic heterocycles. The number of aromatic nitrogens is 2. The highest BCUT2D eigenvalue weighted by Crippen LogP contribution is 2.24. The van der Waals surface area contributed by atoms with Gasteiger partial charge in [0.25, 0.3) is 5.91 Å². The maximum Gasteiger partial charge on any atom is 0.278 e. The largest absolute Gasteiger partial charge is 0.381 e. The first-order valence-electron chi connectivity index (χ1n) is 12.7. The molecule has 6 nitrogen and oxygen atoms in total. The number of fused-ring (bicyclic) bond motifs is 1. The molecule has 7 heteroatoms. The Bertz CT molecular complexity index is 1560. The second-order valence-electron chi connectivity index (χ2n) is 9.63. The van der Waals surface area contributed by atoms with Crippen LogP contribution >= 0.6 is 11.6 Å². The van der Waals surface area contributed by atoms with Crippen molar-refractivity contribution in [3.05, 3.63) is 110 Å². The van der Waals surface area contributed by atoms with Gasteiger partial charge in [-0.05, 0) is 72.7 Å². The lowest BCUT2D eigenvalue weighted by atomic mass is 9.91. The summed E-state index contributed by atoms with van der Waals surface area (Å²) in [6, 6.07) is 20.9. The van der Waals surface area contributed by atoms with Crippen molar-refractivity contribution in [1.82, 2.24) is 15.1 Å². The fraction of sp³-hybridized carbons (Fsp3) is 0.258. The van der Waals surface area contributed by atoms with E-state index in [0.717, 1.165) is 49.2 Å². The van der Waals surface area contributed by atoms with Crippen molar-refractivity contribution >= 4 is 28.4 Å². The number of halogens is 1. The van der Waals surface area contributed by atoms with Gasteiger partial charge in [-0.3, -0.25) is 14.7 Å². The van der Waals surface area contributed by atoms with Crippen LogP contribution in [0.5, 0.6) is 0 Å². The van der Waals surface area contributed by atoms with Gasteiger partial charge < -0.3 is 9.64 Å². The summed E-state index contributed by atoms with van der Waals surface area (Å²) in [5.74, 6) is 6.44. The molecule has 0 aliphatic carbocycles. The summed E-state index contributed by atoms with van der Waals surface area (Å²) in [5.41, 5.74) is 3.48. The molecule has 1 saturated heterocycles. The molecule has 0 atom stereocenters. The van der Waals surface area contributed by atoms with Gasteiger partial charge in [-0.1, -0.05) is 53.8 Å². The van der Waals surface area contributed by atoms with Gasteiger partial charge in [-0.15, -0.1) is 0 Å². The van der Waals surface area contributed by atoms with Crippen LogP contribution in [0.15, 0.2) is 71.5 Å². The average molecular weight is 526 g/mol. The summed E-state index contributed by atoms with van der Waals surface area (Å²) < 4.78 is 5.52. The predicted octanol–water partition coefficient (Wildman–Crippen LogP) is 5.22. The number of nitrogens with one attached hydrogen (secondary N) is 1. The van der Waals surface area contributed by atoms with E-state index in [1.54, 1.807) is 19.2 Å². The van der Waals surface area contributed by atoms with Crippen molar-refractivity contribution < 1.29 is 9.53 Å². The molecule has 5 rings (SSSR count). The normalized spacial score (nSPS) is 13.6. The van der Waals surface area contributed by atoms with Crippen molar-refractivity contribution in [1.29, 1.82) is 0 Å². The number of hydrogen-bond acceptors (Lipinski definition) is 4. The van der Waals surface area contributed by atoms with Gasteiger partial charge in [0.2, 0.25) is 5.43 Å². The summed E-state index contributed by atoms with van der Waals surface area (Å²) in [5, 5.41) is 8.22. The third kappa shape index (κ3) is 5.96. The highest BCUT2D eigenvalue weighted by atomic mass is 35.5. The summed E-state index contributed by atoms with van der Waals surface area (Å²) in [4.78, 5) is 28.4. The Morgan fingerprint density at radius 2 is 1.79 bits per heavy atom. The molecule has 0 bridgehead atoms. The van der Waals surface area contributed by atoms with Crippen molar-refractivity contribution in [2.24, 2.45) is 5.92 Å². The van der Waals surface area contributed by atoms with Crippen LogP contribution in [0, 0.1) is 17.8 Å². The van der Waals surface area contributed by atoms with E-state index in [9.17, 15) is 9.59 Å². The first kappa shape index (κ1) is 25.7. The Balaban J connectivity index is 1.52. The monoisotopic (exact) mass is 525 g/mol. The highest BCUT2D eigenvalue weighted by molar-refractivity contribution is 6.30. The van der Waals surface area contributed by atoms with E-state index in [0.29, 0.717) is 34.0 Å². The summed E-state index contributed by atoms with van der Waals surface area (Å²) in [6.07, 6.45) is 2.78. The van der Waals surface area contributed by atoms with E-state index in [-0.39, 0.29) is 5.69 Å². The van der Waals surface area contributed by atoms with Gasteiger partial charge in [-0.2, -0.15) is 5.10 Å². The van der Waals surface area contributed by atoms with Crippen molar-refractivity contribution in [3.8, 4) is 11.8 Å². The zero-order valence-electron chi connectivity index (χ0n) is 21.2. The number of ether oxygens (including phenoxy) is 1. The molecule has 3 aromatic carbocycles. The lowest BCUT2D eigenvalue weighted by molar-refractivity contribution is 0.0665. The highest BCUT2D eigenvalue weighted by Gasteiger charge is 2.21. The lowest BCUT2D eigenvalue weighted by Crippen LogP contribution is -2.32. The number of H-pyrrole nitrogens is 1. The molecule has 1 aromatic heterocycles. The van der Waals surface area contributed by atoms with E-state index < -0.39 is 11.3 Å². The number of carbonyl (C=O) groups excluding carboxylic acids is 1. The smallest absolute Gasteiger partial charge is 0.278 e.